The predicted octanol–water partition coefficient (Wildman–Crippen LogP) is 2.73. The van der Waals surface area contributed by atoms with Crippen LogP contribution in [0, 0.1) is 5.82 Å². The van der Waals surface area contributed by atoms with Crippen molar-refractivity contribution in [2.75, 3.05) is 6.54 Å². The number of rotatable bonds is 5. The van der Waals surface area contributed by atoms with Crippen molar-refractivity contribution in [3.63, 3.8) is 0 Å². The molecule has 0 aliphatic carbocycles. The summed E-state index contributed by atoms with van der Waals surface area (Å²) >= 11 is 0. The van der Waals surface area contributed by atoms with E-state index < -0.39 is 0 Å². The normalized spacial score (nSPS) is 11.8. The zero-order valence-corrected chi connectivity index (χ0v) is 12.1. The zero-order valence-electron chi connectivity index (χ0n) is 12.1. The van der Waals surface area contributed by atoms with E-state index in [4.69, 9.17) is 4.42 Å². The first-order valence-electron chi connectivity index (χ1n) is 6.74. The minimum atomic E-state index is -0.248. The highest BCUT2D eigenvalue weighted by molar-refractivity contribution is 5.20. The van der Waals surface area contributed by atoms with Crippen LogP contribution in [-0.2, 0) is 12.8 Å². The molecule has 0 fully saturated rings. The van der Waals surface area contributed by atoms with Gasteiger partial charge in [0.25, 0.3) is 0 Å². The lowest BCUT2D eigenvalue weighted by molar-refractivity contribution is 0.402. The quantitative estimate of drug-likeness (QED) is 0.913. The summed E-state index contributed by atoms with van der Waals surface area (Å²) in [4.78, 5) is 0. The summed E-state index contributed by atoms with van der Waals surface area (Å²) in [5.74, 6) is 0.774. The Bertz CT molecular complexity index is 560. The van der Waals surface area contributed by atoms with Crippen molar-refractivity contribution >= 4 is 0 Å². The highest BCUT2D eigenvalue weighted by Gasteiger charge is 2.11. The molecule has 0 atom stereocenters. The fourth-order valence-corrected chi connectivity index (χ4v) is 1.81. The van der Waals surface area contributed by atoms with E-state index in [9.17, 15) is 4.39 Å². The molecule has 2 aromatic rings. The van der Waals surface area contributed by atoms with E-state index in [1.165, 1.54) is 6.07 Å². The van der Waals surface area contributed by atoms with Crippen LogP contribution in [0.15, 0.2) is 28.7 Å². The van der Waals surface area contributed by atoms with Gasteiger partial charge < -0.3 is 9.73 Å². The van der Waals surface area contributed by atoms with Gasteiger partial charge in [0, 0.05) is 18.5 Å². The lowest BCUT2D eigenvalue weighted by atomic mass is 10.1. The molecule has 0 spiro atoms. The highest BCUT2D eigenvalue weighted by atomic mass is 19.1. The molecule has 0 aliphatic heterocycles. The minimum Gasteiger partial charge on any atom is -0.425 e. The van der Waals surface area contributed by atoms with Gasteiger partial charge in [-0.25, -0.2) is 4.39 Å². The van der Waals surface area contributed by atoms with E-state index in [0.29, 0.717) is 30.2 Å². The van der Waals surface area contributed by atoms with Crippen LogP contribution < -0.4 is 5.32 Å². The van der Waals surface area contributed by atoms with Gasteiger partial charge in [-0.3, -0.25) is 0 Å². The largest absolute Gasteiger partial charge is 0.425 e. The second-order valence-corrected chi connectivity index (χ2v) is 5.78. The third kappa shape index (κ3) is 4.42. The van der Waals surface area contributed by atoms with E-state index in [1.54, 1.807) is 18.2 Å². The van der Waals surface area contributed by atoms with Crippen LogP contribution in [0.1, 0.15) is 38.1 Å². The molecule has 20 heavy (non-hydrogen) atoms. The van der Waals surface area contributed by atoms with Gasteiger partial charge in [0.05, 0.1) is 6.42 Å². The van der Waals surface area contributed by atoms with E-state index >= 15 is 0 Å². The number of benzene rings is 1. The average molecular weight is 277 g/mol. The van der Waals surface area contributed by atoms with Crippen LogP contribution in [-0.4, -0.2) is 22.3 Å². The highest BCUT2D eigenvalue weighted by Crippen LogP contribution is 2.12. The van der Waals surface area contributed by atoms with Gasteiger partial charge >= 0.3 is 0 Å². The van der Waals surface area contributed by atoms with E-state index in [0.717, 1.165) is 6.54 Å². The first kappa shape index (κ1) is 14.7. The summed E-state index contributed by atoms with van der Waals surface area (Å²) < 4.78 is 19.0. The summed E-state index contributed by atoms with van der Waals surface area (Å²) in [7, 11) is 0. The molecule has 2 rings (SSSR count). The smallest absolute Gasteiger partial charge is 0.221 e. The third-order valence-electron chi connectivity index (χ3n) is 2.80. The van der Waals surface area contributed by atoms with Crippen LogP contribution in [0.4, 0.5) is 4.39 Å². The molecule has 1 N–H and O–H groups in total. The van der Waals surface area contributed by atoms with E-state index in [2.05, 4.69) is 36.3 Å². The lowest BCUT2D eigenvalue weighted by Crippen LogP contribution is -2.37. The molecule has 0 unspecified atom stereocenters. The number of hydrogen-bond donors (Lipinski definition) is 1. The zero-order chi connectivity index (χ0) is 14.6. The number of nitrogens with one attached hydrogen (secondary N) is 1. The first-order chi connectivity index (χ1) is 9.44. The summed E-state index contributed by atoms with van der Waals surface area (Å²) in [6, 6.07) is 6.61. The molecular weight excluding hydrogens is 257 g/mol. The van der Waals surface area contributed by atoms with Gasteiger partial charge in [-0.05, 0) is 32.4 Å². The fraction of sp³-hybridized carbons (Fsp3) is 0.467. The van der Waals surface area contributed by atoms with Crippen LogP contribution in [0.2, 0.25) is 0 Å². The molecule has 108 valence electrons. The van der Waals surface area contributed by atoms with Crippen molar-refractivity contribution in [1.82, 2.24) is 15.5 Å². The van der Waals surface area contributed by atoms with Crippen molar-refractivity contribution in [2.45, 2.75) is 39.2 Å². The average Bonchev–Trinajstić information content (AvgIpc) is 2.78. The van der Waals surface area contributed by atoms with Crippen LogP contribution >= 0.6 is 0 Å². The fourth-order valence-electron chi connectivity index (χ4n) is 1.81. The number of hydrogen-bond acceptors (Lipinski definition) is 4. The summed E-state index contributed by atoms with van der Waals surface area (Å²) in [5, 5.41) is 11.3. The Morgan fingerprint density at radius 2 is 1.85 bits per heavy atom. The summed E-state index contributed by atoms with van der Waals surface area (Å²) in [5.41, 5.74) is 0.631. The summed E-state index contributed by atoms with van der Waals surface area (Å²) in [6.07, 6.45) is 0.994. The Kier molecular flexibility index (Phi) is 4.49. The summed E-state index contributed by atoms with van der Waals surface area (Å²) in [6.45, 7) is 7.07. The molecule has 0 saturated carbocycles. The van der Waals surface area contributed by atoms with E-state index in [-0.39, 0.29) is 11.4 Å². The topological polar surface area (TPSA) is 51.0 Å². The Balaban J connectivity index is 1.91. The lowest BCUT2D eigenvalue weighted by Gasteiger charge is -2.19. The maximum atomic E-state index is 13.5. The second-order valence-electron chi connectivity index (χ2n) is 5.78. The number of aromatic nitrogens is 2. The molecule has 0 aliphatic rings. The van der Waals surface area contributed by atoms with Gasteiger partial charge in [-0.1, -0.05) is 18.2 Å². The van der Waals surface area contributed by atoms with Gasteiger partial charge in [-0.2, -0.15) is 0 Å². The molecule has 1 aromatic heterocycles. The van der Waals surface area contributed by atoms with Gasteiger partial charge in [0.15, 0.2) is 0 Å². The van der Waals surface area contributed by atoms with Crippen LogP contribution in [0.25, 0.3) is 0 Å². The molecule has 1 aromatic carbocycles. The monoisotopic (exact) mass is 277 g/mol. The van der Waals surface area contributed by atoms with Crippen molar-refractivity contribution in [3.8, 4) is 0 Å². The van der Waals surface area contributed by atoms with Gasteiger partial charge in [0.2, 0.25) is 11.8 Å². The van der Waals surface area contributed by atoms with E-state index in [1.807, 2.05) is 0 Å². The SMILES string of the molecule is CC(C)(C)NCCc1nnc(Cc2ccccc2F)o1. The predicted molar refractivity (Wildman–Crippen MR) is 75.0 cm³/mol. The molecule has 0 radical (unpaired) electrons. The number of nitrogens with zero attached hydrogens (tertiary/aromatic N) is 2. The van der Waals surface area contributed by atoms with Gasteiger partial charge in [-0.15, -0.1) is 10.2 Å². The molecule has 0 saturated heterocycles. The third-order valence-corrected chi connectivity index (χ3v) is 2.80. The number of halogens is 1. The van der Waals surface area contributed by atoms with Crippen molar-refractivity contribution in [3.05, 3.63) is 47.4 Å². The first-order valence-corrected chi connectivity index (χ1v) is 6.74. The van der Waals surface area contributed by atoms with Crippen molar-refractivity contribution in [2.24, 2.45) is 0 Å². The second kappa shape index (κ2) is 6.13. The Morgan fingerprint density at radius 3 is 2.55 bits per heavy atom. The maximum Gasteiger partial charge on any atom is 0.221 e. The van der Waals surface area contributed by atoms with Crippen LogP contribution in [0.5, 0.6) is 0 Å². The van der Waals surface area contributed by atoms with Crippen molar-refractivity contribution in [1.29, 1.82) is 0 Å². The Hall–Kier alpha value is -1.75. The van der Waals surface area contributed by atoms with Gasteiger partial charge in [0.1, 0.15) is 5.82 Å². The van der Waals surface area contributed by atoms with Crippen LogP contribution in [0.3, 0.4) is 0 Å². The molecule has 0 amide bonds. The molecule has 1 heterocycles. The Morgan fingerprint density at radius 1 is 1.15 bits per heavy atom. The Labute approximate surface area is 118 Å². The minimum absolute atomic E-state index is 0.0655. The molecule has 5 heteroatoms. The molecule has 0 bridgehead atoms. The standard InChI is InChI=1S/C15H20FN3O/c1-15(2,3)17-9-8-13-18-19-14(20-13)10-11-6-4-5-7-12(11)16/h4-7,17H,8-10H2,1-3H3. The maximum absolute atomic E-state index is 13.5. The molecule has 4 nitrogen and oxygen atoms in total. The van der Waals surface area contributed by atoms with Crippen molar-refractivity contribution < 1.29 is 8.81 Å². The molecular formula is C15H20FN3O.